The molecule has 122 valence electrons. The van der Waals surface area contributed by atoms with Crippen LogP contribution in [0.2, 0.25) is 0 Å². The van der Waals surface area contributed by atoms with Gasteiger partial charge in [-0.3, -0.25) is 19.7 Å². The summed E-state index contributed by atoms with van der Waals surface area (Å²) >= 11 is 1.35. The molecule has 1 aromatic carbocycles. The number of carbonyl (C=O) groups is 2. The minimum Gasteiger partial charge on any atom is -0.353 e. The van der Waals surface area contributed by atoms with Crippen LogP contribution in [-0.2, 0) is 4.79 Å². The Bertz CT molecular complexity index is 629. The largest absolute Gasteiger partial charge is 0.353 e. The number of hydrogen-bond acceptors (Lipinski definition) is 6. The van der Waals surface area contributed by atoms with E-state index in [4.69, 9.17) is 5.26 Å². The van der Waals surface area contributed by atoms with E-state index >= 15 is 0 Å². The van der Waals surface area contributed by atoms with Crippen molar-refractivity contribution in [1.29, 1.82) is 5.26 Å². The van der Waals surface area contributed by atoms with Crippen molar-refractivity contribution >= 4 is 29.3 Å². The smallest absolute Gasteiger partial charge is 0.282 e. The van der Waals surface area contributed by atoms with Crippen molar-refractivity contribution in [3.63, 3.8) is 0 Å². The number of nitrogens with one attached hydrogen (secondary N) is 2. The fourth-order valence-corrected chi connectivity index (χ4v) is 2.34. The highest BCUT2D eigenvalue weighted by molar-refractivity contribution is 7.98. The van der Waals surface area contributed by atoms with Gasteiger partial charge in [0, 0.05) is 18.4 Å². The number of carbonyl (C=O) groups excluding carboxylic acids is 2. The van der Waals surface area contributed by atoms with E-state index in [9.17, 15) is 19.7 Å². The molecule has 0 aliphatic rings. The maximum absolute atomic E-state index is 12.2. The zero-order valence-electron chi connectivity index (χ0n) is 12.4. The summed E-state index contributed by atoms with van der Waals surface area (Å²) in [5.74, 6) is -0.807. The van der Waals surface area contributed by atoms with Gasteiger partial charge >= 0.3 is 0 Å². The molecule has 8 nitrogen and oxygen atoms in total. The maximum Gasteiger partial charge on any atom is 0.282 e. The molecule has 0 radical (unpaired) electrons. The molecule has 1 atom stereocenters. The Kier molecular flexibility index (Phi) is 7.56. The second-order valence-corrected chi connectivity index (χ2v) is 5.37. The number of para-hydroxylation sites is 1. The minimum atomic E-state index is -0.837. The average Bonchev–Trinajstić information content (AvgIpc) is 2.54. The van der Waals surface area contributed by atoms with Gasteiger partial charge in [-0.2, -0.15) is 17.0 Å². The first-order chi connectivity index (χ1) is 11.0. The van der Waals surface area contributed by atoms with Crippen LogP contribution in [0.4, 0.5) is 5.69 Å². The molecule has 1 rings (SSSR count). The number of nitriles is 1. The lowest BCUT2D eigenvalue weighted by Crippen LogP contribution is -2.48. The second-order valence-electron chi connectivity index (χ2n) is 4.45. The van der Waals surface area contributed by atoms with Crippen LogP contribution in [0.15, 0.2) is 24.3 Å². The summed E-state index contributed by atoms with van der Waals surface area (Å²) in [6, 6.07) is 6.59. The van der Waals surface area contributed by atoms with Crippen molar-refractivity contribution in [2.75, 3.05) is 18.6 Å². The lowest BCUT2D eigenvalue weighted by molar-refractivity contribution is -0.385. The van der Waals surface area contributed by atoms with E-state index in [1.54, 1.807) is 6.26 Å². The fraction of sp³-hybridized carbons (Fsp3) is 0.357. The number of nitro benzene ring substituents is 1. The Labute approximate surface area is 137 Å². The van der Waals surface area contributed by atoms with Crippen LogP contribution >= 0.6 is 11.8 Å². The molecule has 0 bridgehead atoms. The molecule has 0 aromatic heterocycles. The van der Waals surface area contributed by atoms with Gasteiger partial charge in [-0.05, 0) is 12.3 Å². The standard InChI is InChI=1S/C14H16N4O4S/c1-23-9-11(14(20)16-8-4-7-15)17-13(19)10-5-2-3-6-12(10)18(21)22/h2-3,5-6,11H,4,8-9H2,1H3,(H,16,20)(H,17,19). The third-order valence-corrected chi connectivity index (χ3v) is 3.50. The fourth-order valence-electron chi connectivity index (χ4n) is 1.78. The van der Waals surface area contributed by atoms with Crippen LogP contribution in [0, 0.1) is 21.4 Å². The normalized spacial score (nSPS) is 11.1. The third kappa shape index (κ3) is 5.60. The van der Waals surface area contributed by atoms with Crippen molar-refractivity contribution in [2.24, 2.45) is 0 Å². The van der Waals surface area contributed by atoms with Crippen LogP contribution in [0.25, 0.3) is 0 Å². The number of amides is 2. The van der Waals surface area contributed by atoms with Crippen LogP contribution in [0.5, 0.6) is 0 Å². The number of nitrogens with zero attached hydrogens (tertiary/aromatic N) is 2. The molecule has 1 unspecified atom stereocenters. The van der Waals surface area contributed by atoms with Gasteiger partial charge in [-0.15, -0.1) is 0 Å². The Balaban J connectivity index is 2.84. The van der Waals surface area contributed by atoms with Gasteiger partial charge in [0.15, 0.2) is 0 Å². The molecule has 0 saturated heterocycles. The van der Waals surface area contributed by atoms with Gasteiger partial charge in [0.2, 0.25) is 5.91 Å². The highest BCUT2D eigenvalue weighted by atomic mass is 32.2. The van der Waals surface area contributed by atoms with E-state index < -0.39 is 22.8 Å². The van der Waals surface area contributed by atoms with Gasteiger partial charge in [0.25, 0.3) is 11.6 Å². The predicted molar refractivity (Wildman–Crippen MR) is 86.0 cm³/mol. The van der Waals surface area contributed by atoms with E-state index in [0.29, 0.717) is 5.75 Å². The summed E-state index contributed by atoms with van der Waals surface area (Å²) < 4.78 is 0. The first-order valence-corrected chi connectivity index (χ1v) is 8.08. The average molecular weight is 336 g/mol. The van der Waals surface area contributed by atoms with E-state index in [1.165, 1.54) is 36.0 Å². The van der Waals surface area contributed by atoms with Crippen LogP contribution in [0.3, 0.4) is 0 Å². The number of hydrogen-bond donors (Lipinski definition) is 2. The van der Waals surface area contributed by atoms with Gasteiger partial charge in [-0.1, -0.05) is 12.1 Å². The molecule has 9 heteroatoms. The number of nitro groups is 1. The summed E-state index contributed by atoms with van der Waals surface area (Å²) in [4.78, 5) is 34.6. The minimum absolute atomic E-state index is 0.103. The van der Waals surface area contributed by atoms with E-state index in [2.05, 4.69) is 10.6 Å². The summed E-state index contributed by atoms with van der Waals surface area (Å²) in [5.41, 5.74) is -0.425. The van der Waals surface area contributed by atoms with E-state index in [1.807, 2.05) is 6.07 Å². The topological polar surface area (TPSA) is 125 Å². The van der Waals surface area contributed by atoms with Crippen molar-refractivity contribution in [1.82, 2.24) is 10.6 Å². The molecule has 0 aliphatic heterocycles. The van der Waals surface area contributed by atoms with E-state index in [0.717, 1.165) is 0 Å². The monoisotopic (exact) mass is 336 g/mol. The molecule has 1 aromatic rings. The zero-order valence-corrected chi connectivity index (χ0v) is 13.3. The first-order valence-electron chi connectivity index (χ1n) is 6.69. The molecule has 23 heavy (non-hydrogen) atoms. The lowest BCUT2D eigenvalue weighted by Gasteiger charge is -2.17. The molecule has 0 fully saturated rings. The Morgan fingerprint density at radius 2 is 2.13 bits per heavy atom. The SMILES string of the molecule is CSCC(NC(=O)c1ccccc1[N+](=O)[O-])C(=O)NCCC#N. The molecule has 2 amide bonds. The molecular weight excluding hydrogens is 320 g/mol. The van der Waals surface area contributed by atoms with Crippen molar-refractivity contribution in [3.8, 4) is 6.07 Å². The Morgan fingerprint density at radius 3 is 2.74 bits per heavy atom. The van der Waals surface area contributed by atoms with Crippen molar-refractivity contribution in [3.05, 3.63) is 39.9 Å². The third-order valence-electron chi connectivity index (χ3n) is 2.84. The van der Waals surface area contributed by atoms with Crippen LogP contribution in [0.1, 0.15) is 16.8 Å². The second kappa shape index (κ2) is 9.42. The molecule has 0 heterocycles. The van der Waals surface area contributed by atoms with Crippen molar-refractivity contribution < 1.29 is 14.5 Å². The van der Waals surface area contributed by atoms with Gasteiger partial charge in [0.05, 0.1) is 17.4 Å². The summed E-state index contributed by atoms with van der Waals surface area (Å²) in [5, 5.41) is 24.5. The summed E-state index contributed by atoms with van der Waals surface area (Å²) in [6.07, 6.45) is 1.93. The van der Waals surface area contributed by atoms with Crippen LogP contribution < -0.4 is 10.6 Å². The quantitative estimate of drug-likeness (QED) is 0.416. The van der Waals surface area contributed by atoms with Gasteiger partial charge in [-0.25, -0.2) is 0 Å². The molecular formula is C14H16N4O4S. The number of thioether (sulfide) groups is 1. The lowest BCUT2D eigenvalue weighted by atomic mass is 10.1. The zero-order chi connectivity index (χ0) is 17.2. The summed E-state index contributed by atoms with van der Waals surface area (Å²) in [7, 11) is 0. The number of rotatable bonds is 8. The molecule has 0 saturated carbocycles. The highest BCUT2D eigenvalue weighted by Crippen LogP contribution is 2.17. The maximum atomic E-state index is 12.2. The van der Waals surface area contributed by atoms with E-state index in [-0.39, 0.29) is 24.2 Å². The molecule has 0 aliphatic carbocycles. The molecule has 2 N–H and O–H groups in total. The highest BCUT2D eigenvalue weighted by Gasteiger charge is 2.25. The van der Waals surface area contributed by atoms with Crippen LogP contribution in [-0.4, -0.2) is 41.3 Å². The van der Waals surface area contributed by atoms with Gasteiger partial charge < -0.3 is 10.6 Å². The molecule has 0 spiro atoms. The van der Waals surface area contributed by atoms with Gasteiger partial charge in [0.1, 0.15) is 11.6 Å². The Morgan fingerprint density at radius 1 is 1.43 bits per heavy atom. The summed E-state index contributed by atoms with van der Waals surface area (Å²) in [6.45, 7) is 0.182. The number of benzene rings is 1. The predicted octanol–water partition coefficient (Wildman–Crippen LogP) is 1.09. The van der Waals surface area contributed by atoms with Crippen molar-refractivity contribution in [2.45, 2.75) is 12.5 Å². The Hall–Kier alpha value is -2.60. The first kappa shape index (κ1) is 18.4.